The second-order valence-electron chi connectivity index (χ2n) is 3.31. The predicted molar refractivity (Wildman–Crippen MR) is 58.3 cm³/mol. The normalized spacial score (nSPS) is 10.1. The topological polar surface area (TPSA) is 21.1 Å². The van der Waals surface area contributed by atoms with Crippen molar-refractivity contribution in [3.05, 3.63) is 24.5 Å². The molecule has 0 saturated heterocycles. The summed E-state index contributed by atoms with van der Waals surface area (Å²) in [7, 11) is 4.00. The zero-order valence-electron chi connectivity index (χ0n) is 8.23. The first-order chi connectivity index (χ1) is 6.72. The molecule has 0 atom stereocenters. The third-order valence-electron chi connectivity index (χ3n) is 2.19. The van der Waals surface area contributed by atoms with Gasteiger partial charge in [-0.25, -0.2) is 4.98 Å². The van der Waals surface area contributed by atoms with Crippen molar-refractivity contribution in [3.8, 4) is 12.5 Å². The number of nitrogens with zero attached hydrogens (tertiary/aromatic N) is 3. The van der Waals surface area contributed by atoms with Crippen LogP contribution in [-0.4, -0.2) is 23.6 Å². The molecule has 70 valence electrons. The van der Waals surface area contributed by atoms with Crippen LogP contribution in [0.2, 0.25) is 0 Å². The van der Waals surface area contributed by atoms with E-state index in [0.29, 0.717) is 0 Å². The first-order valence-corrected chi connectivity index (χ1v) is 4.33. The number of terminal acetylenes is 1. The molecular formula is C11H11N3. The summed E-state index contributed by atoms with van der Waals surface area (Å²) in [5.74, 6) is 0. The first-order valence-electron chi connectivity index (χ1n) is 4.33. The Morgan fingerprint density at radius 2 is 2.21 bits per heavy atom. The molecule has 0 aliphatic carbocycles. The lowest BCUT2D eigenvalue weighted by atomic mass is 10.2. The summed E-state index contributed by atoms with van der Waals surface area (Å²) >= 11 is 0. The Hall–Kier alpha value is -1.95. The van der Waals surface area contributed by atoms with E-state index < -0.39 is 0 Å². The van der Waals surface area contributed by atoms with E-state index in [0.717, 1.165) is 16.7 Å². The van der Waals surface area contributed by atoms with Gasteiger partial charge in [-0.15, -0.1) is 0 Å². The maximum Gasteiger partial charge on any atom is 0.108 e. The van der Waals surface area contributed by atoms with Gasteiger partial charge in [0, 0.05) is 25.8 Å². The molecule has 2 aromatic rings. The van der Waals surface area contributed by atoms with Crippen molar-refractivity contribution in [3.63, 3.8) is 0 Å². The molecule has 0 bridgehead atoms. The van der Waals surface area contributed by atoms with Crippen LogP contribution < -0.4 is 4.90 Å². The molecule has 0 aliphatic rings. The standard InChI is InChI=1S/C11H11N3/c1-4-14-8-12-10-7-9(13(2)3)5-6-11(10)14/h1,5-8H,2-3H3. The smallest absolute Gasteiger partial charge is 0.108 e. The fourth-order valence-corrected chi connectivity index (χ4v) is 1.38. The highest BCUT2D eigenvalue weighted by molar-refractivity contribution is 5.80. The second-order valence-corrected chi connectivity index (χ2v) is 3.31. The predicted octanol–water partition coefficient (Wildman–Crippen LogP) is 1.54. The largest absolute Gasteiger partial charge is 0.378 e. The monoisotopic (exact) mass is 185 g/mol. The molecule has 0 aliphatic heterocycles. The van der Waals surface area contributed by atoms with Crippen molar-refractivity contribution >= 4 is 16.7 Å². The van der Waals surface area contributed by atoms with Gasteiger partial charge in [0.1, 0.15) is 6.33 Å². The molecule has 0 amide bonds. The Morgan fingerprint density at radius 3 is 2.86 bits per heavy atom. The molecule has 14 heavy (non-hydrogen) atoms. The van der Waals surface area contributed by atoms with E-state index in [9.17, 15) is 0 Å². The van der Waals surface area contributed by atoms with Gasteiger partial charge in [0.2, 0.25) is 0 Å². The third-order valence-corrected chi connectivity index (χ3v) is 2.19. The van der Waals surface area contributed by atoms with Crippen molar-refractivity contribution in [1.29, 1.82) is 0 Å². The lowest BCUT2D eigenvalue weighted by molar-refractivity contribution is 1.13. The van der Waals surface area contributed by atoms with E-state index in [1.54, 1.807) is 10.9 Å². The summed E-state index contributed by atoms with van der Waals surface area (Å²) in [5.41, 5.74) is 3.02. The van der Waals surface area contributed by atoms with Crippen LogP contribution in [0.3, 0.4) is 0 Å². The van der Waals surface area contributed by atoms with Crippen LogP contribution in [0.1, 0.15) is 0 Å². The molecule has 0 saturated carbocycles. The summed E-state index contributed by atoms with van der Waals surface area (Å²) in [6.45, 7) is 0. The van der Waals surface area contributed by atoms with Gasteiger partial charge in [0.05, 0.1) is 11.0 Å². The highest BCUT2D eigenvalue weighted by Crippen LogP contribution is 2.19. The van der Waals surface area contributed by atoms with Crippen molar-refractivity contribution < 1.29 is 0 Å². The Labute approximate surface area is 83.0 Å². The van der Waals surface area contributed by atoms with Crippen molar-refractivity contribution in [2.75, 3.05) is 19.0 Å². The lowest BCUT2D eigenvalue weighted by Crippen LogP contribution is -2.08. The minimum atomic E-state index is 0.925. The number of benzene rings is 1. The minimum absolute atomic E-state index is 0.925. The van der Waals surface area contributed by atoms with E-state index >= 15 is 0 Å². The van der Waals surface area contributed by atoms with E-state index in [4.69, 9.17) is 6.42 Å². The van der Waals surface area contributed by atoms with E-state index in [1.807, 2.05) is 37.2 Å². The van der Waals surface area contributed by atoms with Gasteiger partial charge in [0.15, 0.2) is 0 Å². The van der Waals surface area contributed by atoms with Gasteiger partial charge in [-0.2, -0.15) is 0 Å². The van der Waals surface area contributed by atoms with Gasteiger partial charge in [-0.3, -0.25) is 4.57 Å². The van der Waals surface area contributed by atoms with Gasteiger partial charge in [-0.1, -0.05) is 6.42 Å². The summed E-state index contributed by atoms with van der Waals surface area (Å²) in [6.07, 6.45) is 6.98. The zero-order chi connectivity index (χ0) is 10.1. The third kappa shape index (κ3) is 1.21. The first kappa shape index (κ1) is 8.64. The molecule has 1 aromatic heterocycles. The lowest BCUT2D eigenvalue weighted by Gasteiger charge is -2.11. The van der Waals surface area contributed by atoms with Crippen molar-refractivity contribution in [2.24, 2.45) is 0 Å². The Bertz CT molecular complexity index is 503. The molecule has 3 heteroatoms. The Balaban J connectivity index is 2.64. The van der Waals surface area contributed by atoms with E-state index in [2.05, 4.69) is 11.0 Å². The number of anilines is 1. The fraction of sp³-hybridized carbons (Fsp3) is 0.182. The SMILES string of the molecule is C#Cn1cnc2cc(N(C)C)ccc21. The van der Waals surface area contributed by atoms with Crippen LogP contribution in [0, 0.1) is 12.5 Å². The van der Waals surface area contributed by atoms with Crippen LogP contribution in [0.25, 0.3) is 11.0 Å². The fourth-order valence-electron chi connectivity index (χ4n) is 1.38. The summed E-state index contributed by atoms with van der Waals surface area (Å²) in [6, 6.07) is 8.57. The van der Waals surface area contributed by atoms with E-state index in [1.165, 1.54) is 0 Å². The highest BCUT2D eigenvalue weighted by atomic mass is 15.1. The molecule has 0 spiro atoms. The second kappa shape index (κ2) is 3.08. The number of imidazole rings is 1. The number of rotatable bonds is 1. The van der Waals surface area contributed by atoms with Gasteiger partial charge >= 0.3 is 0 Å². The highest BCUT2D eigenvalue weighted by Gasteiger charge is 2.02. The van der Waals surface area contributed by atoms with Crippen LogP contribution in [0.5, 0.6) is 0 Å². The van der Waals surface area contributed by atoms with Crippen LogP contribution in [0.15, 0.2) is 24.5 Å². The number of aromatic nitrogens is 2. The Morgan fingerprint density at radius 1 is 1.43 bits per heavy atom. The maximum atomic E-state index is 5.32. The molecule has 0 unspecified atom stereocenters. The average Bonchev–Trinajstić information content (AvgIpc) is 2.59. The van der Waals surface area contributed by atoms with Crippen LogP contribution in [0.4, 0.5) is 5.69 Å². The summed E-state index contributed by atoms with van der Waals surface area (Å²) in [5, 5.41) is 0. The molecule has 0 fully saturated rings. The molecule has 1 aromatic carbocycles. The zero-order valence-corrected chi connectivity index (χ0v) is 8.23. The maximum absolute atomic E-state index is 5.32. The molecule has 1 heterocycles. The van der Waals surface area contributed by atoms with Crippen molar-refractivity contribution in [1.82, 2.24) is 9.55 Å². The summed E-state index contributed by atoms with van der Waals surface area (Å²) in [4.78, 5) is 6.26. The quantitative estimate of drug-likeness (QED) is 0.628. The minimum Gasteiger partial charge on any atom is -0.378 e. The summed E-state index contributed by atoms with van der Waals surface area (Å²) < 4.78 is 1.68. The Kier molecular flexibility index (Phi) is 1.90. The van der Waals surface area contributed by atoms with Crippen LogP contribution >= 0.6 is 0 Å². The van der Waals surface area contributed by atoms with Gasteiger partial charge < -0.3 is 4.90 Å². The van der Waals surface area contributed by atoms with Crippen LogP contribution in [-0.2, 0) is 0 Å². The van der Waals surface area contributed by atoms with Crippen molar-refractivity contribution in [2.45, 2.75) is 0 Å². The number of hydrogen-bond acceptors (Lipinski definition) is 2. The molecular weight excluding hydrogens is 174 g/mol. The van der Waals surface area contributed by atoms with Gasteiger partial charge in [0.25, 0.3) is 0 Å². The van der Waals surface area contributed by atoms with Gasteiger partial charge in [-0.05, 0) is 18.2 Å². The molecule has 0 N–H and O–H groups in total. The van der Waals surface area contributed by atoms with E-state index in [-0.39, 0.29) is 0 Å². The molecule has 3 nitrogen and oxygen atoms in total. The molecule has 0 radical (unpaired) electrons. The molecule has 2 rings (SSSR count). The number of fused-ring (bicyclic) bond motifs is 1. The average molecular weight is 185 g/mol. The number of hydrogen-bond donors (Lipinski definition) is 0.